The Balaban J connectivity index is 2.10. The molecule has 1 amide bonds. The molecule has 2 aromatic rings. The van der Waals surface area contributed by atoms with Crippen LogP contribution in [0, 0.1) is 5.82 Å². The van der Waals surface area contributed by atoms with Crippen LogP contribution in [0.15, 0.2) is 48.5 Å². The number of nitrogens with one attached hydrogen (secondary N) is 1. The molecule has 23 heavy (non-hydrogen) atoms. The standard InChI is InChI=1S/C18H21FN2O2/c1-18(2,15-5-3-4-6-16(15)19)17(22)21-13-7-9-14(10-8-13)23-12-11-20/h3-10H,11-12,20H2,1-2H3,(H,21,22). The highest BCUT2D eigenvalue weighted by molar-refractivity contribution is 5.98. The lowest BCUT2D eigenvalue weighted by Crippen LogP contribution is -2.35. The summed E-state index contributed by atoms with van der Waals surface area (Å²) in [6, 6.07) is 13.3. The minimum atomic E-state index is -0.986. The molecule has 3 N–H and O–H groups in total. The van der Waals surface area contributed by atoms with Crippen LogP contribution in [-0.2, 0) is 10.2 Å². The number of halogens is 1. The quantitative estimate of drug-likeness (QED) is 0.861. The smallest absolute Gasteiger partial charge is 0.234 e. The van der Waals surface area contributed by atoms with E-state index >= 15 is 0 Å². The number of carbonyl (C=O) groups excluding carboxylic acids is 1. The largest absolute Gasteiger partial charge is 0.492 e. The monoisotopic (exact) mass is 316 g/mol. The molecule has 0 aliphatic rings. The van der Waals surface area contributed by atoms with Gasteiger partial charge >= 0.3 is 0 Å². The maximum absolute atomic E-state index is 13.9. The number of carbonyl (C=O) groups is 1. The van der Waals surface area contributed by atoms with Gasteiger partial charge < -0.3 is 15.8 Å². The molecule has 0 spiro atoms. The van der Waals surface area contributed by atoms with Crippen LogP contribution in [0.25, 0.3) is 0 Å². The number of rotatable bonds is 6. The summed E-state index contributed by atoms with van der Waals surface area (Å²) in [6.45, 7) is 4.26. The molecule has 2 rings (SSSR count). The summed E-state index contributed by atoms with van der Waals surface area (Å²) in [5.74, 6) is 0.0122. The van der Waals surface area contributed by atoms with Crippen LogP contribution in [0.5, 0.6) is 5.75 Å². The number of benzene rings is 2. The average Bonchev–Trinajstić information content (AvgIpc) is 2.54. The minimum absolute atomic E-state index is 0.279. The van der Waals surface area contributed by atoms with Crippen LogP contribution in [0.1, 0.15) is 19.4 Å². The molecule has 0 fully saturated rings. The fraction of sp³-hybridized carbons (Fsp3) is 0.278. The number of hydrogen-bond acceptors (Lipinski definition) is 3. The van der Waals surface area contributed by atoms with E-state index < -0.39 is 11.2 Å². The van der Waals surface area contributed by atoms with Crippen LogP contribution in [-0.4, -0.2) is 19.1 Å². The molecular weight excluding hydrogens is 295 g/mol. The Bertz CT molecular complexity index is 669. The molecule has 0 heterocycles. The maximum atomic E-state index is 13.9. The van der Waals surface area contributed by atoms with Crippen molar-refractivity contribution in [2.24, 2.45) is 5.73 Å². The third-order valence-corrected chi connectivity index (χ3v) is 3.61. The zero-order valence-electron chi connectivity index (χ0n) is 13.3. The van der Waals surface area contributed by atoms with Crippen LogP contribution in [0.3, 0.4) is 0 Å². The van der Waals surface area contributed by atoms with Gasteiger partial charge in [-0.15, -0.1) is 0 Å². The molecule has 0 unspecified atom stereocenters. The predicted octanol–water partition coefficient (Wildman–Crippen LogP) is 3.08. The van der Waals surface area contributed by atoms with Crippen molar-refractivity contribution >= 4 is 11.6 Å². The van der Waals surface area contributed by atoms with Crippen molar-refractivity contribution in [2.75, 3.05) is 18.5 Å². The molecule has 0 saturated carbocycles. The van der Waals surface area contributed by atoms with Crippen molar-refractivity contribution < 1.29 is 13.9 Å². The van der Waals surface area contributed by atoms with Crippen molar-refractivity contribution in [1.82, 2.24) is 0 Å². The summed E-state index contributed by atoms with van der Waals surface area (Å²) < 4.78 is 19.3. The van der Waals surface area contributed by atoms with Gasteiger partial charge in [0.15, 0.2) is 0 Å². The average molecular weight is 316 g/mol. The van der Waals surface area contributed by atoms with Crippen LogP contribution in [0.2, 0.25) is 0 Å². The molecule has 122 valence electrons. The first kappa shape index (κ1) is 17.0. The first-order valence-corrected chi connectivity index (χ1v) is 7.44. The van der Waals surface area contributed by atoms with E-state index in [4.69, 9.17) is 10.5 Å². The molecule has 0 aromatic heterocycles. The Hall–Kier alpha value is -2.40. The fourth-order valence-electron chi connectivity index (χ4n) is 2.19. The Kier molecular flexibility index (Phi) is 5.34. The van der Waals surface area contributed by atoms with E-state index in [1.165, 1.54) is 6.07 Å². The Morgan fingerprint density at radius 3 is 2.43 bits per heavy atom. The zero-order valence-corrected chi connectivity index (χ0v) is 13.3. The third kappa shape index (κ3) is 4.07. The van der Waals surface area contributed by atoms with E-state index in [1.807, 2.05) is 0 Å². The second kappa shape index (κ2) is 7.24. The van der Waals surface area contributed by atoms with Crippen molar-refractivity contribution in [3.63, 3.8) is 0 Å². The summed E-state index contributed by atoms with van der Waals surface area (Å²) in [4.78, 5) is 12.5. The molecular formula is C18H21FN2O2. The molecule has 0 saturated heterocycles. The Labute approximate surface area is 135 Å². The molecule has 0 radical (unpaired) electrons. The van der Waals surface area contributed by atoms with Crippen LogP contribution >= 0.6 is 0 Å². The van der Waals surface area contributed by atoms with Crippen molar-refractivity contribution in [2.45, 2.75) is 19.3 Å². The van der Waals surface area contributed by atoms with Gasteiger partial charge in [0.25, 0.3) is 0 Å². The summed E-state index contributed by atoms with van der Waals surface area (Å²) in [6.07, 6.45) is 0. The lowest BCUT2D eigenvalue weighted by molar-refractivity contribution is -0.120. The van der Waals surface area contributed by atoms with Crippen LogP contribution in [0.4, 0.5) is 10.1 Å². The number of ether oxygens (including phenoxy) is 1. The number of nitrogens with two attached hydrogens (primary N) is 1. The second-order valence-corrected chi connectivity index (χ2v) is 5.72. The van der Waals surface area contributed by atoms with Gasteiger partial charge in [0, 0.05) is 17.8 Å². The molecule has 0 aliphatic carbocycles. The SMILES string of the molecule is CC(C)(C(=O)Nc1ccc(OCCN)cc1)c1ccccc1F. The van der Waals surface area contributed by atoms with Gasteiger partial charge in [-0.05, 0) is 44.2 Å². The highest BCUT2D eigenvalue weighted by atomic mass is 19.1. The number of anilines is 1. The number of hydrogen-bond donors (Lipinski definition) is 2. The summed E-state index contributed by atoms with van der Waals surface area (Å²) in [7, 11) is 0. The van der Waals surface area contributed by atoms with E-state index in [-0.39, 0.29) is 5.91 Å². The maximum Gasteiger partial charge on any atom is 0.234 e. The molecule has 4 nitrogen and oxygen atoms in total. The van der Waals surface area contributed by atoms with E-state index in [0.29, 0.717) is 30.2 Å². The first-order valence-electron chi connectivity index (χ1n) is 7.44. The summed E-state index contributed by atoms with van der Waals surface area (Å²) in [5.41, 5.74) is 5.37. The van der Waals surface area contributed by atoms with Gasteiger partial charge in [0.1, 0.15) is 18.2 Å². The predicted molar refractivity (Wildman–Crippen MR) is 89.0 cm³/mol. The highest BCUT2D eigenvalue weighted by Crippen LogP contribution is 2.27. The lowest BCUT2D eigenvalue weighted by atomic mass is 9.83. The van der Waals surface area contributed by atoms with Gasteiger partial charge in [0.2, 0.25) is 5.91 Å². The molecule has 0 atom stereocenters. The Morgan fingerprint density at radius 1 is 1.17 bits per heavy atom. The Morgan fingerprint density at radius 2 is 1.83 bits per heavy atom. The molecule has 5 heteroatoms. The van der Waals surface area contributed by atoms with Gasteiger partial charge in [-0.2, -0.15) is 0 Å². The number of amides is 1. The fourth-order valence-corrected chi connectivity index (χ4v) is 2.19. The van der Waals surface area contributed by atoms with E-state index in [2.05, 4.69) is 5.32 Å². The van der Waals surface area contributed by atoms with Crippen molar-refractivity contribution in [3.05, 3.63) is 59.9 Å². The van der Waals surface area contributed by atoms with E-state index in [0.717, 1.165) is 0 Å². The van der Waals surface area contributed by atoms with E-state index in [9.17, 15) is 9.18 Å². The van der Waals surface area contributed by atoms with Gasteiger partial charge in [0.05, 0.1) is 5.41 Å². The molecule has 0 bridgehead atoms. The minimum Gasteiger partial charge on any atom is -0.492 e. The first-order chi connectivity index (χ1) is 10.9. The van der Waals surface area contributed by atoms with Gasteiger partial charge in [-0.3, -0.25) is 4.79 Å². The van der Waals surface area contributed by atoms with Crippen LogP contribution < -0.4 is 15.8 Å². The topological polar surface area (TPSA) is 64.3 Å². The van der Waals surface area contributed by atoms with Crippen molar-refractivity contribution in [1.29, 1.82) is 0 Å². The molecule has 2 aromatic carbocycles. The zero-order chi connectivity index (χ0) is 16.9. The van der Waals surface area contributed by atoms with E-state index in [1.54, 1.807) is 56.3 Å². The third-order valence-electron chi connectivity index (χ3n) is 3.61. The normalized spacial score (nSPS) is 11.1. The second-order valence-electron chi connectivity index (χ2n) is 5.72. The van der Waals surface area contributed by atoms with Crippen molar-refractivity contribution in [3.8, 4) is 5.75 Å². The van der Waals surface area contributed by atoms with Gasteiger partial charge in [-0.25, -0.2) is 4.39 Å². The summed E-state index contributed by atoms with van der Waals surface area (Å²) >= 11 is 0. The summed E-state index contributed by atoms with van der Waals surface area (Å²) in [5, 5.41) is 2.81. The highest BCUT2D eigenvalue weighted by Gasteiger charge is 2.32. The van der Waals surface area contributed by atoms with Gasteiger partial charge in [-0.1, -0.05) is 18.2 Å². The molecule has 0 aliphatic heterocycles. The lowest BCUT2D eigenvalue weighted by Gasteiger charge is -2.24.